The number of pyridine rings is 1. The van der Waals surface area contributed by atoms with E-state index in [1.807, 2.05) is 68.3 Å². The second-order valence-electron chi connectivity index (χ2n) is 6.32. The summed E-state index contributed by atoms with van der Waals surface area (Å²) in [5, 5.41) is 0. The molecule has 1 unspecified atom stereocenters. The number of nitrogens with zero attached hydrogens (tertiary/aromatic N) is 2. The molecule has 1 atom stereocenters. The summed E-state index contributed by atoms with van der Waals surface area (Å²) in [7, 11) is 2.17. The average Bonchev–Trinajstić information content (AvgIpc) is 3.16. The summed E-state index contributed by atoms with van der Waals surface area (Å²) in [6.07, 6.45) is 9.25. The Labute approximate surface area is 186 Å². The second-order valence-corrected chi connectivity index (χ2v) is 8.40. The molecule has 0 spiro atoms. The number of aromatic nitrogens is 1. The Morgan fingerprint density at radius 3 is 2.21 bits per heavy atom. The summed E-state index contributed by atoms with van der Waals surface area (Å²) >= 11 is 7.89. The third-order valence-electron chi connectivity index (χ3n) is 4.23. The molecule has 156 valence electrons. The van der Waals surface area contributed by atoms with E-state index in [1.54, 1.807) is 22.6 Å². The van der Waals surface area contributed by atoms with Crippen molar-refractivity contribution >= 4 is 23.4 Å². The van der Waals surface area contributed by atoms with E-state index in [0.717, 1.165) is 13.0 Å². The molecule has 1 aromatic heterocycles. The molecule has 2 aromatic rings. The van der Waals surface area contributed by atoms with E-state index in [0.29, 0.717) is 4.71 Å². The van der Waals surface area contributed by atoms with Crippen molar-refractivity contribution in [2.45, 2.75) is 31.4 Å². The molecule has 0 aliphatic carbocycles. The van der Waals surface area contributed by atoms with Crippen LogP contribution in [0.25, 0.3) is 11.1 Å². The van der Waals surface area contributed by atoms with Gasteiger partial charge in [-0.15, -0.1) is 23.4 Å². The van der Waals surface area contributed by atoms with Gasteiger partial charge in [0.1, 0.15) is 0 Å². The van der Waals surface area contributed by atoms with E-state index in [1.165, 1.54) is 24.1 Å². The van der Waals surface area contributed by atoms with Crippen molar-refractivity contribution in [1.29, 1.82) is 0 Å². The molecule has 2 aliphatic heterocycles. The maximum absolute atomic E-state index is 6.04. The molecule has 4 heteroatoms. The fraction of sp³-hybridized carbons (Fsp3) is 0.320. The third kappa shape index (κ3) is 9.49. The van der Waals surface area contributed by atoms with Gasteiger partial charge in [0.2, 0.25) is 0 Å². The fourth-order valence-electron chi connectivity index (χ4n) is 2.80. The van der Waals surface area contributed by atoms with Gasteiger partial charge in [0.25, 0.3) is 0 Å². The summed E-state index contributed by atoms with van der Waals surface area (Å²) in [4.78, 5) is 7.87. The summed E-state index contributed by atoms with van der Waals surface area (Å²) in [5.74, 6) is 0. The van der Waals surface area contributed by atoms with Crippen LogP contribution in [-0.4, -0.2) is 34.7 Å². The number of halogens is 1. The van der Waals surface area contributed by atoms with Crippen LogP contribution in [0.2, 0.25) is 0 Å². The Bertz CT molecular complexity index is 700. The van der Waals surface area contributed by atoms with E-state index < -0.39 is 0 Å². The molecule has 4 rings (SSSR count). The first-order valence-electron chi connectivity index (χ1n) is 10.0. The van der Waals surface area contributed by atoms with E-state index >= 15 is 0 Å². The summed E-state index contributed by atoms with van der Waals surface area (Å²) < 4.78 is 0.325. The molecule has 2 aliphatic rings. The maximum atomic E-state index is 6.04. The molecule has 0 N–H and O–H groups in total. The van der Waals surface area contributed by atoms with Gasteiger partial charge in [-0.05, 0) is 48.1 Å². The molecule has 0 amide bonds. The van der Waals surface area contributed by atoms with Crippen LogP contribution in [-0.2, 0) is 0 Å². The third-order valence-corrected chi connectivity index (χ3v) is 5.78. The predicted molar refractivity (Wildman–Crippen MR) is 132 cm³/mol. The van der Waals surface area contributed by atoms with Crippen LogP contribution in [0, 0.1) is 0 Å². The van der Waals surface area contributed by atoms with Gasteiger partial charge in [-0.1, -0.05) is 75.1 Å². The van der Waals surface area contributed by atoms with Gasteiger partial charge in [-0.3, -0.25) is 4.98 Å². The number of likely N-dealkylation sites (N-methyl/N-ethyl adjacent to an activating group) is 1. The molecule has 1 aromatic carbocycles. The fourth-order valence-corrected chi connectivity index (χ4v) is 4.55. The van der Waals surface area contributed by atoms with E-state index in [-0.39, 0.29) is 0 Å². The SMILES string of the molecule is C=CC=C.CC.CN1CCC2=C(C1)SC(Cl)C2.c1ccc(-c2ccncc2)cc1. The lowest BCUT2D eigenvalue weighted by Crippen LogP contribution is -2.25. The summed E-state index contributed by atoms with van der Waals surface area (Å²) in [6.45, 7) is 13.1. The standard InChI is InChI=1S/C11H9N.C8H12ClNS.C4H6.C2H6/c1-2-4-10(5-3-1)11-6-8-12-9-7-11;1-10-3-2-6-4-8(9)11-7(6)5-10;1-3-4-2;1-2/h1-9H;8H,2-5H2,1H3;3-4H,1-2H2;1-2H3. The first-order chi connectivity index (χ1) is 14.1. The van der Waals surface area contributed by atoms with Crippen molar-refractivity contribution in [2.75, 3.05) is 20.1 Å². The lowest BCUT2D eigenvalue weighted by Gasteiger charge is -2.23. The van der Waals surface area contributed by atoms with E-state index in [9.17, 15) is 0 Å². The largest absolute Gasteiger partial charge is 0.301 e. The van der Waals surface area contributed by atoms with Crippen LogP contribution in [0.5, 0.6) is 0 Å². The first kappa shape index (κ1) is 25.2. The van der Waals surface area contributed by atoms with Crippen LogP contribution in [0.3, 0.4) is 0 Å². The zero-order valence-corrected chi connectivity index (χ0v) is 19.4. The zero-order valence-electron chi connectivity index (χ0n) is 17.9. The van der Waals surface area contributed by atoms with Crippen LogP contribution in [0.1, 0.15) is 26.7 Å². The molecule has 0 bridgehead atoms. The zero-order chi connectivity index (χ0) is 21.5. The number of hydrogen-bond donors (Lipinski definition) is 0. The van der Waals surface area contributed by atoms with Crippen molar-refractivity contribution in [3.63, 3.8) is 0 Å². The minimum absolute atomic E-state index is 0.325. The first-order valence-corrected chi connectivity index (χ1v) is 11.3. The van der Waals surface area contributed by atoms with Crippen LogP contribution >= 0.6 is 23.4 Å². The summed E-state index contributed by atoms with van der Waals surface area (Å²) in [6, 6.07) is 14.3. The monoisotopic (exact) mass is 428 g/mol. The molecule has 0 radical (unpaired) electrons. The highest BCUT2D eigenvalue weighted by atomic mass is 35.5. The van der Waals surface area contributed by atoms with Crippen LogP contribution in [0.15, 0.2) is 90.6 Å². The number of benzene rings is 1. The average molecular weight is 429 g/mol. The molecule has 2 nitrogen and oxygen atoms in total. The Balaban J connectivity index is 0.000000230. The van der Waals surface area contributed by atoms with Crippen LogP contribution < -0.4 is 0 Å². The maximum Gasteiger partial charge on any atom is 0.0870 e. The van der Waals surface area contributed by atoms with Gasteiger partial charge in [0.15, 0.2) is 0 Å². The lowest BCUT2D eigenvalue weighted by atomic mass is 10.1. The Morgan fingerprint density at radius 1 is 1.03 bits per heavy atom. The molecule has 3 heterocycles. The van der Waals surface area contributed by atoms with Crippen molar-refractivity contribution in [3.05, 3.63) is 90.6 Å². The van der Waals surface area contributed by atoms with E-state index in [4.69, 9.17) is 11.6 Å². The molecule has 29 heavy (non-hydrogen) atoms. The van der Waals surface area contributed by atoms with Gasteiger partial charge in [-0.2, -0.15) is 0 Å². The second kappa shape index (κ2) is 15.1. The number of allylic oxidation sites excluding steroid dienone is 2. The Hall–Kier alpha value is -1.81. The quantitative estimate of drug-likeness (QED) is 0.365. The van der Waals surface area contributed by atoms with Gasteiger partial charge < -0.3 is 4.90 Å². The number of thioether (sulfide) groups is 1. The van der Waals surface area contributed by atoms with E-state index in [2.05, 4.69) is 42.2 Å². The van der Waals surface area contributed by atoms with Crippen molar-refractivity contribution in [2.24, 2.45) is 0 Å². The molecular formula is C25H33ClN2S. The number of hydrogen-bond acceptors (Lipinski definition) is 3. The minimum atomic E-state index is 0.325. The van der Waals surface area contributed by atoms with Gasteiger partial charge in [0.05, 0.1) is 4.71 Å². The Kier molecular flexibility index (Phi) is 13.1. The van der Waals surface area contributed by atoms with Crippen molar-refractivity contribution in [3.8, 4) is 11.1 Å². The predicted octanol–water partition coefficient (Wildman–Crippen LogP) is 7.41. The topological polar surface area (TPSA) is 16.1 Å². The Morgan fingerprint density at radius 2 is 1.62 bits per heavy atom. The van der Waals surface area contributed by atoms with Crippen molar-refractivity contribution in [1.82, 2.24) is 9.88 Å². The lowest BCUT2D eigenvalue weighted by molar-refractivity contribution is 0.355. The molecule has 0 fully saturated rings. The van der Waals surface area contributed by atoms with Gasteiger partial charge >= 0.3 is 0 Å². The molecule has 0 saturated heterocycles. The summed E-state index contributed by atoms with van der Waals surface area (Å²) in [5.41, 5.74) is 4.07. The molecule has 0 saturated carbocycles. The minimum Gasteiger partial charge on any atom is -0.301 e. The smallest absolute Gasteiger partial charge is 0.0870 e. The highest BCUT2D eigenvalue weighted by Gasteiger charge is 2.26. The highest BCUT2D eigenvalue weighted by Crippen LogP contribution is 2.43. The van der Waals surface area contributed by atoms with Crippen LogP contribution in [0.4, 0.5) is 0 Å². The molecular weight excluding hydrogens is 396 g/mol. The van der Waals surface area contributed by atoms with Gasteiger partial charge in [0, 0.05) is 25.5 Å². The normalized spacial score (nSPS) is 17.3. The number of rotatable bonds is 2. The number of alkyl halides is 1. The van der Waals surface area contributed by atoms with Gasteiger partial charge in [-0.25, -0.2) is 0 Å². The van der Waals surface area contributed by atoms with Crippen molar-refractivity contribution < 1.29 is 0 Å². The highest BCUT2D eigenvalue weighted by molar-refractivity contribution is 8.05.